The number of nitrogens with zero attached hydrogens (tertiary/aromatic N) is 2. The maximum atomic E-state index is 13.9. The van der Waals surface area contributed by atoms with Gasteiger partial charge in [-0.2, -0.15) is 0 Å². The van der Waals surface area contributed by atoms with E-state index in [1.165, 1.54) is 23.0 Å². The molecule has 4 rings (SSSR count). The first kappa shape index (κ1) is 17.6. The largest absolute Gasteiger partial charge is 0.497 e. The zero-order chi connectivity index (χ0) is 19.0. The average Bonchev–Trinajstić information content (AvgIpc) is 3.02. The highest BCUT2D eigenvalue weighted by Crippen LogP contribution is 2.38. The van der Waals surface area contributed by atoms with Gasteiger partial charge in [0.15, 0.2) is 22.5 Å². The smallest absolute Gasteiger partial charge is 0.160 e. The zero-order valence-electron chi connectivity index (χ0n) is 14.6. The lowest BCUT2D eigenvalue weighted by Crippen LogP contribution is -2.13. The number of aliphatic imine (C=N–C) groups is 1. The summed E-state index contributed by atoms with van der Waals surface area (Å²) in [5.74, 6) is -0.745. The third kappa shape index (κ3) is 3.30. The minimum absolute atomic E-state index is 0.00141. The molecule has 0 bridgehead atoms. The molecule has 0 unspecified atom stereocenters. The highest BCUT2D eigenvalue weighted by molar-refractivity contribution is 7.17. The number of amidine groups is 1. The van der Waals surface area contributed by atoms with E-state index in [9.17, 15) is 8.78 Å². The molecule has 1 heterocycles. The minimum atomic E-state index is -0.758. The van der Waals surface area contributed by atoms with Crippen molar-refractivity contribution in [2.75, 3.05) is 7.11 Å². The number of hydrogen-bond acceptors (Lipinski definition) is 4. The van der Waals surface area contributed by atoms with E-state index in [4.69, 9.17) is 10.5 Å². The van der Waals surface area contributed by atoms with Crippen LogP contribution in [-0.4, -0.2) is 17.9 Å². The van der Waals surface area contributed by atoms with Crippen LogP contribution in [0.4, 0.5) is 14.5 Å². The van der Waals surface area contributed by atoms with Gasteiger partial charge in [-0.25, -0.2) is 18.8 Å². The molecule has 0 aliphatic heterocycles. The SMILES string of the molecule is COc1ccc2c(c1)-c1sc(C(N)=Nc3c(F)cccc3F)nc1CCC2. The first-order chi connectivity index (χ1) is 13.1. The van der Waals surface area contributed by atoms with Crippen LogP contribution in [0.1, 0.15) is 22.7 Å². The van der Waals surface area contributed by atoms with Crippen LogP contribution in [0.5, 0.6) is 5.75 Å². The predicted octanol–water partition coefficient (Wildman–Crippen LogP) is 4.62. The molecule has 0 atom stereocenters. The van der Waals surface area contributed by atoms with Crippen LogP contribution < -0.4 is 10.5 Å². The summed E-state index contributed by atoms with van der Waals surface area (Å²) in [5.41, 5.74) is 8.84. The number of rotatable bonds is 3. The Balaban J connectivity index is 1.79. The molecule has 2 N–H and O–H groups in total. The van der Waals surface area contributed by atoms with Gasteiger partial charge in [0.2, 0.25) is 0 Å². The molecular formula is C20H17F2N3OS. The summed E-state index contributed by atoms with van der Waals surface area (Å²) in [7, 11) is 1.63. The first-order valence-corrected chi connectivity index (χ1v) is 9.34. The molecule has 0 saturated carbocycles. The highest BCUT2D eigenvalue weighted by Gasteiger charge is 2.21. The Hall–Kier alpha value is -2.80. The first-order valence-electron chi connectivity index (χ1n) is 8.52. The second-order valence-electron chi connectivity index (χ2n) is 6.24. The zero-order valence-corrected chi connectivity index (χ0v) is 15.4. The van der Waals surface area contributed by atoms with Crippen LogP contribution in [-0.2, 0) is 12.8 Å². The maximum absolute atomic E-state index is 13.9. The van der Waals surface area contributed by atoms with Gasteiger partial charge in [-0.15, -0.1) is 11.3 Å². The number of benzene rings is 2. The molecule has 1 aliphatic carbocycles. The van der Waals surface area contributed by atoms with Gasteiger partial charge < -0.3 is 10.5 Å². The fourth-order valence-corrected chi connectivity index (χ4v) is 4.23. The van der Waals surface area contributed by atoms with Crippen molar-refractivity contribution in [3.05, 3.63) is 64.3 Å². The Morgan fingerprint density at radius 2 is 1.96 bits per heavy atom. The number of halogens is 2. The normalized spacial score (nSPS) is 13.7. The van der Waals surface area contributed by atoms with E-state index in [-0.39, 0.29) is 5.84 Å². The summed E-state index contributed by atoms with van der Waals surface area (Å²) in [6.45, 7) is 0. The van der Waals surface area contributed by atoms with Gasteiger partial charge in [-0.05, 0) is 49.1 Å². The Morgan fingerprint density at radius 1 is 1.19 bits per heavy atom. The Morgan fingerprint density at radius 3 is 2.70 bits per heavy atom. The topological polar surface area (TPSA) is 60.5 Å². The van der Waals surface area contributed by atoms with Gasteiger partial charge in [0, 0.05) is 5.56 Å². The number of aryl methyl sites for hydroxylation is 2. The maximum Gasteiger partial charge on any atom is 0.160 e. The van der Waals surface area contributed by atoms with E-state index in [2.05, 4.69) is 16.0 Å². The fourth-order valence-electron chi connectivity index (χ4n) is 3.16. The number of thiazole rings is 1. The summed E-state index contributed by atoms with van der Waals surface area (Å²) in [6.07, 6.45) is 2.74. The van der Waals surface area contributed by atoms with Crippen molar-refractivity contribution in [1.29, 1.82) is 0 Å². The number of methoxy groups -OCH3 is 1. The molecular weight excluding hydrogens is 368 g/mol. The van der Waals surface area contributed by atoms with Gasteiger partial charge in [0.25, 0.3) is 0 Å². The van der Waals surface area contributed by atoms with Crippen molar-refractivity contribution >= 4 is 22.9 Å². The lowest BCUT2D eigenvalue weighted by Gasteiger charge is -2.07. The fraction of sp³-hybridized carbons (Fsp3) is 0.200. The van der Waals surface area contributed by atoms with Crippen molar-refractivity contribution in [3.63, 3.8) is 0 Å². The van der Waals surface area contributed by atoms with E-state index in [1.807, 2.05) is 12.1 Å². The number of nitrogens with two attached hydrogens (primary N) is 1. The summed E-state index contributed by atoms with van der Waals surface area (Å²) >= 11 is 1.38. The van der Waals surface area contributed by atoms with Crippen LogP contribution in [0.2, 0.25) is 0 Å². The monoisotopic (exact) mass is 385 g/mol. The molecule has 0 radical (unpaired) electrons. The van der Waals surface area contributed by atoms with E-state index < -0.39 is 17.3 Å². The molecule has 1 aromatic heterocycles. The molecule has 2 aromatic carbocycles. The van der Waals surface area contributed by atoms with E-state index in [1.54, 1.807) is 7.11 Å². The quantitative estimate of drug-likeness (QED) is 0.528. The standard InChI is InChI=1S/C20H17F2N3OS/c1-26-12-9-8-11-4-2-7-16-18(13(11)10-12)27-20(24-16)19(23)25-17-14(21)5-3-6-15(17)22/h3,5-6,8-10H,2,4,7H2,1H3,(H2,23,25). The van der Waals surface area contributed by atoms with Crippen LogP contribution in [0.3, 0.4) is 0 Å². The molecule has 1 aliphatic rings. The Bertz CT molecular complexity index is 1030. The molecule has 0 spiro atoms. The highest BCUT2D eigenvalue weighted by atomic mass is 32.1. The number of fused-ring (bicyclic) bond motifs is 3. The molecule has 0 saturated heterocycles. The third-order valence-corrected chi connectivity index (χ3v) is 5.66. The van der Waals surface area contributed by atoms with Gasteiger partial charge in [-0.3, -0.25) is 0 Å². The molecule has 138 valence electrons. The third-order valence-electron chi connectivity index (χ3n) is 4.51. The van der Waals surface area contributed by atoms with Crippen molar-refractivity contribution in [3.8, 4) is 16.2 Å². The van der Waals surface area contributed by atoms with Crippen LogP contribution in [0.25, 0.3) is 10.4 Å². The average molecular weight is 385 g/mol. The van der Waals surface area contributed by atoms with Crippen molar-refractivity contribution in [1.82, 2.24) is 4.98 Å². The van der Waals surface area contributed by atoms with E-state index in [0.717, 1.165) is 53.3 Å². The molecule has 7 heteroatoms. The number of hydrogen-bond donors (Lipinski definition) is 1. The lowest BCUT2D eigenvalue weighted by atomic mass is 10.0. The molecule has 0 amide bonds. The number of para-hydroxylation sites is 1. The molecule has 3 aromatic rings. The Kier molecular flexibility index (Phi) is 4.61. The summed E-state index contributed by atoms with van der Waals surface area (Å²) in [6, 6.07) is 9.59. The molecule has 27 heavy (non-hydrogen) atoms. The van der Waals surface area contributed by atoms with Crippen molar-refractivity contribution in [2.24, 2.45) is 10.7 Å². The number of aromatic nitrogens is 1. The Labute approximate surface area is 159 Å². The summed E-state index contributed by atoms with van der Waals surface area (Å²) in [5, 5.41) is 0.457. The van der Waals surface area contributed by atoms with Gasteiger partial charge in [0.1, 0.15) is 11.4 Å². The second-order valence-corrected chi connectivity index (χ2v) is 7.24. The summed E-state index contributed by atoms with van der Waals surface area (Å²) < 4.78 is 33.1. The summed E-state index contributed by atoms with van der Waals surface area (Å²) in [4.78, 5) is 9.55. The minimum Gasteiger partial charge on any atom is -0.497 e. The van der Waals surface area contributed by atoms with Crippen LogP contribution in [0, 0.1) is 11.6 Å². The van der Waals surface area contributed by atoms with Crippen LogP contribution in [0.15, 0.2) is 41.4 Å². The van der Waals surface area contributed by atoms with Crippen molar-refractivity contribution < 1.29 is 13.5 Å². The van der Waals surface area contributed by atoms with Crippen molar-refractivity contribution in [2.45, 2.75) is 19.3 Å². The second kappa shape index (κ2) is 7.08. The molecule has 4 nitrogen and oxygen atoms in total. The molecule has 0 fully saturated rings. The predicted molar refractivity (Wildman–Crippen MR) is 103 cm³/mol. The van der Waals surface area contributed by atoms with Gasteiger partial charge in [-0.1, -0.05) is 12.1 Å². The number of ether oxygens (including phenoxy) is 1. The van der Waals surface area contributed by atoms with Gasteiger partial charge in [0.05, 0.1) is 17.7 Å². The van der Waals surface area contributed by atoms with E-state index >= 15 is 0 Å². The van der Waals surface area contributed by atoms with Crippen LogP contribution >= 0.6 is 11.3 Å². The van der Waals surface area contributed by atoms with E-state index in [0.29, 0.717) is 5.01 Å². The van der Waals surface area contributed by atoms with Gasteiger partial charge >= 0.3 is 0 Å². The lowest BCUT2D eigenvalue weighted by molar-refractivity contribution is 0.415.